The van der Waals surface area contributed by atoms with E-state index in [1.165, 1.54) is 48.4 Å². The van der Waals surface area contributed by atoms with Gasteiger partial charge in [0.2, 0.25) is 0 Å². The van der Waals surface area contributed by atoms with Crippen molar-refractivity contribution >= 4 is 11.8 Å². The molecule has 102 valence electrons. The molecule has 0 aliphatic heterocycles. The van der Waals surface area contributed by atoms with Crippen molar-refractivity contribution in [2.24, 2.45) is 0 Å². The molecule has 2 aromatic rings. The summed E-state index contributed by atoms with van der Waals surface area (Å²) >= 11 is 1.99. The number of aromatic amines is 1. The highest BCUT2D eigenvalue weighted by atomic mass is 32.2. The van der Waals surface area contributed by atoms with Crippen LogP contribution in [0.1, 0.15) is 36.2 Å². The van der Waals surface area contributed by atoms with Gasteiger partial charge in [0, 0.05) is 11.4 Å². The highest BCUT2D eigenvalue weighted by Crippen LogP contribution is 2.15. The fraction of sp³-hybridized carbons (Fsp3) is 0.438. The lowest BCUT2D eigenvalue weighted by atomic mass is 10.1. The number of thioether (sulfide) groups is 1. The van der Waals surface area contributed by atoms with Crippen LogP contribution in [0.2, 0.25) is 0 Å². The van der Waals surface area contributed by atoms with Gasteiger partial charge in [-0.1, -0.05) is 36.8 Å². The molecule has 0 aliphatic rings. The standard InChI is InChI=1S/C16H22N2S/c1-14-16(18-13-17-14)12-19-11-7-3-6-10-15-8-4-2-5-9-15/h2,4-5,8-9,13H,3,6-7,10-12H2,1H3,(H,17,18). The van der Waals surface area contributed by atoms with Gasteiger partial charge in [-0.25, -0.2) is 4.98 Å². The van der Waals surface area contributed by atoms with E-state index in [0.29, 0.717) is 0 Å². The first-order chi connectivity index (χ1) is 9.36. The molecular weight excluding hydrogens is 252 g/mol. The molecule has 19 heavy (non-hydrogen) atoms. The zero-order valence-corrected chi connectivity index (χ0v) is 12.4. The summed E-state index contributed by atoms with van der Waals surface area (Å²) < 4.78 is 0. The van der Waals surface area contributed by atoms with Crippen molar-refractivity contribution < 1.29 is 0 Å². The molecule has 0 fully saturated rings. The van der Waals surface area contributed by atoms with Crippen molar-refractivity contribution in [2.45, 2.75) is 38.4 Å². The third-order valence-corrected chi connectivity index (χ3v) is 4.32. The number of hydrogen-bond donors (Lipinski definition) is 1. The Kier molecular flexibility index (Phi) is 6.02. The van der Waals surface area contributed by atoms with Gasteiger partial charge in [-0.2, -0.15) is 11.8 Å². The normalized spacial score (nSPS) is 10.8. The highest BCUT2D eigenvalue weighted by Gasteiger charge is 2.00. The predicted octanol–water partition coefficient (Wildman–Crippen LogP) is 4.36. The lowest BCUT2D eigenvalue weighted by Crippen LogP contribution is -1.89. The molecule has 1 N–H and O–H groups in total. The number of nitrogens with one attached hydrogen (secondary N) is 1. The average Bonchev–Trinajstić information content (AvgIpc) is 2.84. The van der Waals surface area contributed by atoms with Crippen molar-refractivity contribution in [3.63, 3.8) is 0 Å². The number of nitrogens with zero attached hydrogens (tertiary/aromatic N) is 1. The van der Waals surface area contributed by atoms with Crippen molar-refractivity contribution in [3.05, 3.63) is 53.6 Å². The van der Waals surface area contributed by atoms with Gasteiger partial charge >= 0.3 is 0 Å². The molecule has 0 radical (unpaired) electrons. The highest BCUT2D eigenvalue weighted by molar-refractivity contribution is 7.98. The van der Waals surface area contributed by atoms with E-state index in [1.54, 1.807) is 6.33 Å². The molecule has 0 saturated carbocycles. The second-order valence-electron chi connectivity index (χ2n) is 4.82. The first-order valence-electron chi connectivity index (χ1n) is 6.97. The van der Waals surface area contributed by atoms with Crippen LogP contribution in [0.15, 0.2) is 36.7 Å². The van der Waals surface area contributed by atoms with Crippen LogP contribution in [-0.2, 0) is 12.2 Å². The van der Waals surface area contributed by atoms with Gasteiger partial charge in [-0.3, -0.25) is 0 Å². The molecule has 0 saturated heterocycles. The summed E-state index contributed by atoms with van der Waals surface area (Å²) in [6.07, 6.45) is 6.92. The summed E-state index contributed by atoms with van der Waals surface area (Å²) in [6, 6.07) is 10.8. The van der Waals surface area contributed by atoms with E-state index in [9.17, 15) is 0 Å². The number of benzene rings is 1. The Morgan fingerprint density at radius 3 is 2.68 bits per heavy atom. The fourth-order valence-electron chi connectivity index (χ4n) is 2.06. The van der Waals surface area contributed by atoms with Crippen LogP contribution in [0.25, 0.3) is 0 Å². The SMILES string of the molecule is Cc1[nH]cnc1CSCCCCCc1ccccc1. The molecule has 0 unspecified atom stereocenters. The average molecular weight is 274 g/mol. The lowest BCUT2D eigenvalue weighted by molar-refractivity contribution is 0.722. The van der Waals surface area contributed by atoms with Gasteiger partial charge in [0.1, 0.15) is 0 Å². The monoisotopic (exact) mass is 274 g/mol. The number of unbranched alkanes of at least 4 members (excludes halogenated alkanes) is 2. The maximum absolute atomic E-state index is 4.31. The van der Waals surface area contributed by atoms with Gasteiger partial charge in [-0.05, 0) is 37.5 Å². The molecular formula is C16H22N2S. The van der Waals surface area contributed by atoms with Gasteiger partial charge in [0.25, 0.3) is 0 Å². The molecule has 1 aromatic heterocycles. The number of imidazole rings is 1. The molecule has 3 heteroatoms. The molecule has 2 nitrogen and oxygen atoms in total. The summed E-state index contributed by atoms with van der Waals surface area (Å²) in [4.78, 5) is 7.44. The molecule has 0 bridgehead atoms. The minimum atomic E-state index is 1.04. The Bertz CT molecular complexity index is 465. The van der Waals surface area contributed by atoms with Crippen molar-refractivity contribution in [3.8, 4) is 0 Å². The van der Waals surface area contributed by atoms with Gasteiger partial charge in [0.05, 0.1) is 12.0 Å². The van der Waals surface area contributed by atoms with Gasteiger partial charge in [-0.15, -0.1) is 0 Å². The topological polar surface area (TPSA) is 28.7 Å². The number of aromatic nitrogens is 2. The van der Waals surface area contributed by atoms with Crippen LogP contribution >= 0.6 is 11.8 Å². The van der Waals surface area contributed by atoms with E-state index in [-0.39, 0.29) is 0 Å². The van der Waals surface area contributed by atoms with Crippen LogP contribution in [0.5, 0.6) is 0 Å². The Hall–Kier alpha value is -1.22. The van der Waals surface area contributed by atoms with Crippen molar-refractivity contribution in [1.29, 1.82) is 0 Å². The van der Waals surface area contributed by atoms with E-state index in [0.717, 1.165) is 5.75 Å². The zero-order valence-electron chi connectivity index (χ0n) is 11.6. The van der Waals surface area contributed by atoms with E-state index in [4.69, 9.17) is 0 Å². The van der Waals surface area contributed by atoms with Crippen LogP contribution in [0, 0.1) is 6.92 Å². The fourth-order valence-corrected chi connectivity index (χ4v) is 3.09. The second-order valence-corrected chi connectivity index (χ2v) is 5.93. The Morgan fingerprint density at radius 2 is 1.95 bits per heavy atom. The molecule has 1 heterocycles. The molecule has 2 rings (SSSR count). The van der Waals surface area contributed by atoms with Crippen LogP contribution in [0.3, 0.4) is 0 Å². The van der Waals surface area contributed by atoms with Crippen LogP contribution in [-0.4, -0.2) is 15.7 Å². The summed E-state index contributed by atoms with van der Waals surface area (Å²) in [6.45, 7) is 2.09. The van der Waals surface area contributed by atoms with Crippen LogP contribution in [0.4, 0.5) is 0 Å². The predicted molar refractivity (Wildman–Crippen MR) is 83.5 cm³/mol. The smallest absolute Gasteiger partial charge is 0.0925 e. The summed E-state index contributed by atoms with van der Waals surface area (Å²) in [5.41, 5.74) is 3.87. The van der Waals surface area contributed by atoms with E-state index in [1.807, 2.05) is 11.8 Å². The van der Waals surface area contributed by atoms with Crippen LogP contribution < -0.4 is 0 Å². The van der Waals surface area contributed by atoms with Crippen molar-refractivity contribution in [1.82, 2.24) is 9.97 Å². The summed E-state index contributed by atoms with van der Waals surface area (Å²) in [5, 5.41) is 0. The summed E-state index contributed by atoms with van der Waals surface area (Å²) in [7, 11) is 0. The zero-order chi connectivity index (χ0) is 13.3. The third kappa shape index (κ3) is 5.11. The Morgan fingerprint density at radius 1 is 1.11 bits per heavy atom. The second kappa shape index (κ2) is 8.05. The van der Waals surface area contributed by atoms with E-state index < -0.39 is 0 Å². The third-order valence-electron chi connectivity index (χ3n) is 3.27. The van der Waals surface area contributed by atoms with E-state index in [2.05, 4.69) is 47.2 Å². The molecule has 0 spiro atoms. The molecule has 0 atom stereocenters. The Balaban J connectivity index is 1.50. The first-order valence-corrected chi connectivity index (χ1v) is 8.12. The maximum atomic E-state index is 4.31. The number of rotatable bonds is 8. The Labute approximate surface area is 120 Å². The largest absolute Gasteiger partial charge is 0.348 e. The molecule has 0 aliphatic carbocycles. The maximum Gasteiger partial charge on any atom is 0.0925 e. The number of aryl methyl sites for hydroxylation is 2. The molecule has 0 amide bonds. The lowest BCUT2D eigenvalue weighted by Gasteiger charge is -2.02. The van der Waals surface area contributed by atoms with Crippen molar-refractivity contribution in [2.75, 3.05) is 5.75 Å². The van der Waals surface area contributed by atoms with Gasteiger partial charge < -0.3 is 4.98 Å². The quantitative estimate of drug-likeness (QED) is 0.724. The number of H-pyrrole nitrogens is 1. The molecule has 1 aromatic carbocycles. The van der Waals surface area contributed by atoms with Gasteiger partial charge in [0.15, 0.2) is 0 Å². The minimum absolute atomic E-state index is 1.04. The minimum Gasteiger partial charge on any atom is -0.348 e. The first kappa shape index (κ1) is 14.2. The number of hydrogen-bond acceptors (Lipinski definition) is 2. The van der Waals surface area contributed by atoms with E-state index >= 15 is 0 Å². The summed E-state index contributed by atoms with van der Waals surface area (Å²) in [5.74, 6) is 2.27.